The molecule has 7 heteroatoms. The Balaban J connectivity index is 1.73. The maximum atomic E-state index is 6.20. The molecule has 2 aliphatic rings. The van der Waals surface area contributed by atoms with Crippen molar-refractivity contribution in [3.05, 3.63) is 22.4 Å². The Hall–Kier alpha value is -1.60. The first-order chi connectivity index (χ1) is 9.66. The molecule has 1 saturated carbocycles. The summed E-state index contributed by atoms with van der Waals surface area (Å²) in [5, 5.41) is 4.01. The number of halogens is 1. The molecule has 1 aromatic carbocycles. The fourth-order valence-corrected chi connectivity index (χ4v) is 2.97. The lowest BCUT2D eigenvalue weighted by Crippen LogP contribution is -2.44. The number of rotatable bonds is 2. The zero-order chi connectivity index (χ0) is 13.7. The normalized spacial score (nSPS) is 18.9. The summed E-state index contributed by atoms with van der Waals surface area (Å²) in [6.07, 6.45) is 2.91. The van der Waals surface area contributed by atoms with E-state index in [0.29, 0.717) is 23.2 Å². The predicted molar refractivity (Wildman–Crippen MR) is 73.3 cm³/mol. The van der Waals surface area contributed by atoms with Gasteiger partial charge in [-0.05, 0) is 47.3 Å². The highest BCUT2D eigenvalue weighted by molar-refractivity contribution is 9.10. The van der Waals surface area contributed by atoms with Gasteiger partial charge in [-0.1, -0.05) is 5.16 Å². The third-order valence-corrected chi connectivity index (χ3v) is 4.38. The van der Waals surface area contributed by atoms with E-state index in [0.717, 1.165) is 29.3 Å². The molecule has 20 heavy (non-hydrogen) atoms. The van der Waals surface area contributed by atoms with E-state index in [9.17, 15) is 0 Å². The van der Waals surface area contributed by atoms with Crippen LogP contribution >= 0.6 is 15.9 Å². The molecule has 2 aromatic rings. The van der Waals surface area contributed by atoms with Crippen LogP contribution in [0, 0.1) is 0 Å². The number of nitrogens with zero attached hydrogens (tertiary/aromatic N) is 2. The van der Waals surface area contributed by atoms with Crippen LogP contribution in [-0.4, -0.2) is 16.9 Å². The van der Waals surface area contributed by atoms with Gasteiger partial charge in [0.1, 0.15) is 0 Å². The number of fused-ring (bicyclic) bond motifs is 1. The van der Waals surface area contributed by atoms with Gasteiger partial charge in [-0.15, -0.1) is 0 Å². The van der Waals surface area contributed by atoms with Crippen LogP contribution in [0.1, 0.15) is 25.1 Å². The van der Waals surface area contributed by atoms with Gasteiger partial charge in [-0.2, -0.15) is 4.98 Å². The topological polar surface area (TPSA) is 83.4 Å². The van der Waals surface area contributed by atoms with Crippen molar-refractivity contribution < 1.29 is 14.0 Å². The number of benzene rings is 1. The zero-order valence-electron chi connectivity index (χ0n) is 10.6. The van der Waals surface area contributed by atoms with E-state index >= 15 is 0 Å². The molecular formula is C13H12BrN3O3. The van der Waals surface area contributed by atoms with E-state index in [-0.39, 0.29) is 6.79 Å². The molecule has 2 N–H and O–H groups in total. The van der Waals surface area contributed by atoms with E-state index in [1.165, 1.54) is 0 Å². The van der Waals surface area contributed by atoms with Crippen LogP contribution in [0.25, 0.3) is 11.5 Å². The summed E-state index contributed by atoms with van der Waals surface area (Å²) < 4.78 is 16.9. The molecule has 1 aliphatic heterocycles. The van der Waals surface area contributed by atoms with Crippen molar-refractivity contribution in [1.82, 2.24) is 10.1 Å². The molecule has 1 aromatic heterocycles. The number of ether oxygens (including phenoxy) is 2. The summed E-state index contributed by atoms with van der Waals surface area (Å²) in [5.74, 6) is 2.38. The van der Waals surface area contributed by atoms with Crippen molar-refractivity contribution >= 4 is 15.9 Å². The minimum absolute atomic E-state index is 0.221. The van der Waals surface area contributed by atoms with Gasteiger partial charge >= 0.3 is 0 Å². The van der Waals surface area contributed by atoms with Crippen LogP contribution in [0.15, 0.2) is 21.1 Å². The van der Waals surface area contributed by atoms with Gasteiger partial charge in [-0.3, -0.25) is 0 Å². The van der Waals surface area contributed by atoms with Crippen molar-refractivity contribution in [2.75, 3.05) is 6.79 Å². The molecule has 0 amide bonds. The molecule has 0 spiro atoms. The second-order valence-corrected chi connectivity index (χ2v) is 5.98. The Morgan fingerprint density at radius 2 is 2.10 bits per heavy atom. The van der Waals surface area contributed by atoms with Crippen molar-refractivity contribution in [3.63, 3.8) is 0 Å². The average Bonchev–Trinajstić information content (AvgIpc) is 3.04. The Labute approximate surface area is 123 Å². The largest absolute Gasteiger partial charge is 0.454 e. The van der Waals surface area contributed by atoms with Crippen LogP contribution in [0.4, 0.5) is 0 Å². The van der Waals surface area contributed by atoms with E-state index in [1.54, 1.807) is 0 Å². The fraction of sp³-hybridized carbons (Fsp3) is 0.385. The second kappa shape index (κ2) is 4.20. The number of hydrogen-bond acceptors (Lipinski definition) is 6. The van der Waals surface area contributed by atoms with Crippen LogP contribution in [0.2, 0.25) is 0 Å². The minimum Gasteiger partial charge on any atom is -0.454 e. The van der Waals surface area contributed by atoms with Gasteiger partial charge in [0.15, 0.2) is 17.3 Å². The van der Waals surface area contributed by atoms with Crippen molar-refractivity contribution in [3.8, 4) is 23.0 Å². The number of hydrogen-bond donors (Lipinski definition) is 1. The Morgan fingerprint density at radius 3 is 2.85 bits per heavy atom. The molecule has 0 bridgehead atoms. The first-order valence-electron chi connectivity index (χ1n) is 6.38. The Morgan fingerprint density at radius 1 is 1.25 bits per heavy atom. The van der Waals surface area contributed by atoms with Gasteiger partial charge in [0.25, 0.3) is 5.89 Å². The first-order valence-corrected chi connectivity index (χ1v) is 7.18. The molecule has 0 atom stereocenters. The number of aromatic nitrogens is 2. The molecular weight excluding hydrogens is 326 g/mol. The third-order valence-electron chi connectivity index (χ3n) is 3.79. The van der Waals surface area contributed by atoms with Gasteiger partial charge in [0.2, 0.25) is 6.79 Å². The summed E-state index contributed by atoms with van der Waals surface area (Å²) in [4.78, 5) is 4.42. The maximum Gasteiger partial charge on any atom is 0.258 e. The summed E-state index contributed by atoms with van der Waals surface area (Å²) in [6, 6.07) is 3.70. The van der Waals surface area contributed by atoms with E-state index < -0.39 is 5.54 Å². The summed E-state index contributed by atoms with van der Waals surface area (Å²) in [7, 11) is 0. The predicted octanol–water partition coefficient (Wildman–Crippen LogP) is 2.57. The second-order valence-electron chi connectivity index (χ2n) is 5.12. The molecule has 0 unspecified atom stereocenters. The lowest BCUT2D eigenvalue weighted by Gasteiger charge is -2.34. The van der Waals surface area contributed by atoms with Crippen molar-refractivity contribution in [2.24, 2.45) is 5.73 Å². The van der Waals surface area contributed by atoms with Crippen LogP contribution in [0.3, 0.4) is 0 Å². The van der Waals surface area contributed by atoms with E-state index in [2.05, 4.69) is 26.1 Å². The molecule has 4 rings (SSSR count). The van der Waals surface area contributed by atoms with E-state index in [4.69, 9.17) is 19.7 Å². The Bertz CT molecular complexity index is 681. The third kappa shape index (κ3) is 1.73. The summed E-state index contributed by atoms with van der Waals surface area (Å²) in [6.45, 7) is 0.221. The van der Waals surface area contributed by atoms with Crippen molar-refractivity contribution in [2.45, 2.75) is 24.8 Å². The highest BCUT2D eigenvalue weighted by Gasteiger charge is 2.39. The van der Waals surface area contributed by atoms with Gasteiger partial charge in [-0.25, -0.2) is 0 Å². The van der Waals surface area contributed by atoms with Crippen LogP contribution in [-0.2, 0) is 5.54 Å². The fourth-order valence-electron chi connectivity index (χ4n) is 2.42. The molecule has 0 radical (unpaired) electrons. The lowest BCUT2D eigenvalue weighted by atomic mass is 9.77. The molecule has 1 fully saturated rings. The van der Waals surface area contributed by atoms with Crippen LogP contribution in [0.5, 0.6) is 11.5 Å². The molecule has 6 nitrogen and oxygen atoms in total. The van der Waals surface area contributed by atoms with E-state index in [1.807, 2.05) is 12.1 Å². The monoisotopic (exact) mass is 337 g/mol. The van der Waals surface area contributed by atoms with Gasteiger partial charge in [0, 0.05) is 5.56 Å². The molecule has 1 aliphatic carbocycles. The summed E-state index contributed by atoms with van der Waals surface area (Å²) in [5.41, 5.74) is 6.56. The highest BCUT2D eigenvalue weighted by Crippen LogP contribution is 2.43. The Kier molecular flexibility index (Phi) is 2.55. The highest BCUT2D eigenvalue weighted by atomic mass is 79.9. The average molecular weight is 338 g/mol. The molecule has 2 heterocycles. The maximum absolute atomic E-state index is 6.20. The summed E-state index contributed by atoms with van der Waals surface area (Å²) >= 11 is 3.45. The van der Waals surface area contributed by atoms with Gasteiger partial charge < -0.3 is 19.7 Å². The zero-order valence-corrected chi connectivity index (χ0v) is 12.1. The van der Waals surface area contributed by atoms with Crippen molar-refractivity contribution in [1.29, 1.82) is 0 Å². The minimum atomic E-state index is -0.421. The standard InChI is InChI=1S/C13H12BrN3O3/c14-8-4-7(5-9-10(8)19-6-18-9)11-16-12(17-20-11)13(15)2-1-3-13/h4-5H,1-3,6,15H2. The smallest absolute Gasteiger partial charge is 0.258 e. The molecule has 104 valence electrons. The van der Waals surface area contributed by atoms with Gasteiger partial charge in [0.05, 0.1) is 10.0 Å². The quantitative estimate of drug-likeness (QED) is 0.906. The molecule has 0 saturated heterocycles. The lowest BCUT2D eigenvalue weighted by molar-refractivity contribution is 0.173. The SMILES string of the molecule is NC1(c2noc(-c3cc(Br)c4c(c3)OCO4)n2)CCC1. The van der Waals surface area contributed by atoms with Crippen LogP contribution < -0.4 is 15.2 Å². The first kappa shape index (κ1) is 12.2. The number of nitrogens with two attached hydrogens (primary N) is 1.